The number of likely N-dealkylation sites (tertiary alicyclic amines) is 1. The Morgan fingerprint density at radius 2 is 1.57 bits per heavy atom. The second-order valence-corrected chi connectivity index (χ2v) is 10.7. The minimum Gasteiger partial charge on any atom is -0.317 e. The zero-order valence-electron chi connectivity index (χ0n) is 18.8. The van der Waals surface area contributed by atoms with Gasteiger partial charge in [-0.2, -0.15) is 24.2 Å². The maximum atomic E-state index is 13.7. The van der Waals surface area contributed by atoms with E-state index < -0.39 is 32.8 Å². The number of nitrogens with two attached hydrogens (primary N) is 1. The summed E-state index contributed by atoms with van der Waals surface area (Å²) in [6, 6.07) is 10.2. The molecule has 0 bridgehead atoms. The third-order valence-corrected chi connectivity index (χ3v) is 8.01. The van der Waals surface area contributed by atoms with E-state index in [0.717, 1.165) is 50.7 Å². The normalized spacial score (nSPS) is 21.4. The average molecular weight is 512 g/mol. The summed E-state index contributed by atoms with van der Waals surface area (Å²) in [7, 11) is -4.71. The molecule has 9 nitrogen and oxygen atoms in total. The van der Waals surface area contributed by atoms with Gasteiger partial charge in [0.2, 0.25) is 10.0 Å². The Bertz CT molecular complexity index is 1170. The molecule has 2 aromatic carbocycles. The number of sulfonamides is 1. The van der Waals surface area contributed by atoms with Crippen LogP contribution in [0.3, 0.4) is 0 Å². The van der Waals surface area contributed by atoms with Crippen LogP contribution in [0.25, 0.3) is 11.1 Å². The molecular weight excluding hydrogens is 483 g/mol. The first kappa shape index (κ1) is 24.6. The van der Waals surface area contributed by atoms with E-state index in [1.54, 1.807) is 0 Å². The van der Waals surface area contributed by atoms with Crippen molar-refractivity contribution in [1.29, 1.82) is 0 Å². The van der Waals surface area contributed by atoms with E-state index in [1.807, 2.05) is 24.3 Å². The Morgan fingerprint density at radius 1 is 0.943 bits per heavy atom. The first-order valence-electron chi connectivity index (χ1n) is 11.5. The van der Waals surface area contributed by atoms with Crippen molar-refractivity contribution < 1.29 is 21.6 Å². The van der Waals surface area contributed by atoms with Crippen LogP contribution in [0, 0.1) is 0 Å². The minimum absolute atomic E-state index is 0.117. The van der Waals surface area contributed by atoms with Crippen molar-refractivity contribution in [3.05, 3.63) is 53.1 Å². The molecule has 3 saturated heterocycles. The van der Waals surface area contributed by atoms with Gasteiger partial charge in [0.15, 0.2) is 0 Å². The van der Waals surface area contributed by atoms with Crippen LogP contribution in [0.4, 0.5) is 13.2 Å². The van der Waals surface area contributed by atoms with Gasteiger partial charge in [0.25, 0.3) is 0 Å². The highest BCUT2D eigenvalue weighted by molar-refractivity contribution is 7.89. The molecule has 0 saturated carbocycles. The van der Waals surface area contributed by atoms with Gasteiger partial charge in [0, 0.05) is 30.6 Å². The summed E-state index contributed by atoms with van der Waals surface area (Å²) >= 11 is 0. The predicted octanol–water partition coefficient (Wildman–Crippen LogP) is 1.29. The van der Waals surface area contributed by atoms with Crippen LogP contribution in [-0.2, 0) is 16.2 Å². The maximum Gasteiger partial charge on any atom is 0.417 e. The largest absolute Gasteiger partial charge is 0.417 e. The zero-order chi connectivity index (χ0) is 24.8. The Labute approximate surface area is 201 Å². The van der Waals surface area contributed by atoms with Crippen LogP contribution in [-0.4, -0.2) is 45.5 Å². The summed E-state index contributed by atoms with van der Waals surface area (Å²) in [4.78, 5) is 1.54. The van der Waals surface area contributed by atoms with E-state index in [1.165, 1.54) is 6.07 Å². The van der Waals surface area contributed by atoms with Gasteiger partial charge in [0.1, 0.15) is 11.1 Å². The molecule has 3 aliphatic rings. The highest BCUT2D eigenvalue weighted by Crippen LogP contribution is 2.42. The number of hydrogen-bond donors (Lipinski definition) is 6. The second-order valence-electron chi connectivity index (χ2n) is 9.17. The summed E-state index contributed by atoms with van der Waals surface area (Å²) in [5.41, 5.74) is 11.1. The Balaban J connectivity index is 1.47. The van der Waals surface area contributed by atoms with Gasteiger partial charge in [-0.25, -0.2) is 24.4 Å². The molecule has 5 rings (SSSR count). The van der Waals surface area contributed by atoms with Crippen molar-refractivity contribution in [2.24, 2.45) is 5.14 Å². The fourth-order valence-electron chi connectivity index (χ4n) is 5.19. The van der Waals surface area contributed by atoms with Crippen LogP contribution >= 0.6 is 0 Å². The molecule has 13 heteroatoms. The van der Waals surface area contributed by atoms with Crippen molar-refractivity contribution in [2.45, 2.75) is 42.0 Å². The fraction of sp³-hybridized carbons (Fsp3) is 0.455. The molecule has 0 aromatic heterocycles. The lowest BCUT2D eigenvalue weighted by Gasteiger charge is -2.46. The Morgan fingerprint density at radius 3 is 2.14 bits per heavy atom. The molecule has 0 unspecified atom stereocenters. The van der Waals surface area contributed by atoms with E-state index in [2.05, 4.69) is 32.1 Å². The molecule has 0 radical (unpaired) electrons. The highest BCUT2D eigenvalue weighted by Gasteiger charge is 2.41. The minimum atomic E-state index is -4.90. The van der Waals surface area contributed by atoms with E-state index in [4.69, 9.17) is 5.14 Å². The molecule has 0 amide bonds. The monoisotopic (exact) mass is 511 g/mol. The van der Waals surface area contributed by atoms with Crippen LogP contribution < -0.4 is 32.4 Å². The van der Waals surface area contributed by atoms with Crippen LogP contribution in [0.1, 0.15) is 41.6 Å². The lowest BCUT2D eigenvalue weighted by molar-refractivity contribution is -0.140. The number of nitrogens with zero attached hydrogens (tertiary/aromatic N) is 1. The molecule has 0 atom stereocenters. The summed E-state index contributed by atoms with van der Waals surface area (Å²) in [6.45, 7) is 4.06. The first-order valence-corrected chi connectivity index (χ1v) is 13.0. The number of primary sulfonamides is 1. The second kappa shape index (κ2) is 9.41. The van der Waals surface area contributed by atoms with Gasteiger partial charge in [0.05, 0.1) is 5.56 Å². The zero-order valence-corrected chi connectivity index (χ0v) is 19.6. The molecule has 3 heterocycles. The number of halogens is 3. The van der Waals surface area contributed by atoms with E-state index in [0.29, 0.717) is 23.1 Å². The lowest BCUT2D eigenvalue weighted by Crippen LogP contribution is -2.53. The SMILES string of the molecule is NS(=O)(=O)c1c(C(F)(F)F)ccc(-c2ccc(C3CN(C4CCNCC4)C3)cc2)c1C1NNNN1. The summed E-state index contributed by atoms with van der Waals surface area (Å²) < 4.78 is 66.0. The van der Waals surface area contributed by atoms with E-state index >= 15 is 0 Å². The molecule has 7 N–H and O–H groups in total. The van der Waals surface area contributed by atoms with E-state index in [-0.39, 0.29) is 5.56 Å². The average Bonchev–Trinajstić information content (AvgIpc) is 3.32. The molecule has 0 aliphatic carbocycles. The van der Waals surface area contributed by atoms with Crippen LogP contribution in [0.5, 0.6) is 0 Å². The van der Waals surface area contributed by atoms with Crippen molar-refractivity contribution in [3.8, 4) is 11.1 Å². The van der Waals surface area contributed by atoms with Crippen molar-refractivity contribution in [3.63, 3.8) is 0 Å². The molecule has 3 fully saturated rings. The fourth-order valence-corrected chi connectivity index (χ4v) is 6.22. The number of benzene rings is 2. The molecule has 35 heavy (non-hydrogen) atoms. The molecule has 0 spiro atoms. The van der Waals surface area contributed by atoms with Gasteiger partial charge in [-0.1, -0.05) is 30.3 Å². The molecular formula is C22H28F3N7O2S. The predicted molar refractivity (Wildman–Crippen MR) is 124 cm³/mol. The van der Waals surface area contributed by atoms with E-state index in [9.17, 15) is 21.6 Å². The maximum absolute atomic E-state index is 13.7. The summed E-state index contributed by atoms with van der Waals surface area (Å²) in [5, 5.41) is 8.68. The number of hydrogen-bond acceptors (Lipinski definition) is 8. The standard InChI is InChI=1S/C22H28F3N7O2S/c23-22(24,25)18-6-5-17(19(20(18)35(26,33)34)21-28-30-31-29-21)14-3-1-13(2-4-14)15-11-32(12-15)16-7-9-27-10-8-16/h1-6,15-16,21,27-31H,7-12H2,(H2,26,33,34). The third kappa shape index (κ3) is 4.95. The highest BCUT2D eigenvalue weighted by atomic mass is 32.2. The number of rotatable bonds is 5. The molecule has 3 aliphatic heterocycles. The van der Waals surface area contributed by atoms with Gasteiger partial charge >= 0.3 is 6.18 Å². The molecule has 2 aromatic rings. The van der Waals surface area contributed by atoms with Gasteiger partial charge < -0.3 is 5.32 Å². The third-order valence-electron chi connectivity index (χ3n) is 7.00. The number of piperidine rings is 1. The Hall–Kier alpha value is -2.10. The van der Waals surface area contributed by atoms with Gasteiger partial charge in [-0.05, 0) is 48.7 Å². The van der Waals surface area contributed by atoms with Crippen LogP contribution in [0.2, 0.25) is 0 Å². The smallest absolute Gasteiger partial charge is 0.317 e. The summed E-state index contributed by atoms with van der Waals surface area (Å²) in [6.07, 6.45) is -3.57. The van der Waals surface area contributed by atoms with Crippen molar-refractivity contribution in [2.75, 3.05) is 26.2 Å². The van der Waals surface area contributed by atoms with Gasteiger partial charge in [-0.15, -0.1) is 0 Å². The first-order chi connectivity index (χ1) is 16.6. The Kier molecular flexibility index (Phi) is 6.61. The quantitative estimate of drug-likeness (QED) is 0.355. The van der Waals surface area contributed by atoms with Gasteiger partial charge in [-0.3, -0.25) is 4.90 Å². The topological polar surface area (TPSA) is 124 Å². The molecule has 190 valence electrons. The van der Waals surface area contributed by atoms with Crippen molar-refractivity contribution >= 4 is 10.0 Å². The number of alkyl halides is 3. The number of hydrazine groups is 3. The summed E-state index contributed by atoms with van der Waals surface area (Å²) in [5.74, 6) is 0.401. The van der Waals surface area contributed by atoms with Crippen LogP contribution in [0.15, 0.2) is 41.3 Å². The number of nitrogens with one attached hydrogen (secondary N) is 5. The van der Waals surface area contributed by atoms with Crippen molar-refractivity contribution in [1.82, 2.24) is 32.1 Å². The lowest BCUT2D eigenvalue weighted by atomic mass is 9.87.